The normalized spacial score (nSPS) is 12.1. The summed E-state index contributed by atoms with van der Waals surface area (Å²) >= 11 is 7.11. The quantitative estimate of drug-likeness (QED) is 0.296. The van der Waals surface area contributed by atoms with E-state index in [9.17, 15) is 4.79 Å². The van der Waals surface area contributed by atoms with Crippen molar-refractivity contribution in [3.05, 3.63) is 34.0 Å². The summed E-state index contributed by atoms with van der Waals surface area (Å²) in [6.45, 7) is 4.47. The molecule has 0 bridgehead atoms. The molecule has 0 aliphatic carbocycles. The van der Waals surface area contributed by atoms with Crippen LogP contribution in [0.5, 0.6) is 0 Å². The second kappa shape index (κ2) is 5.77. The molecular formula is C19H14O2S4. The Bertz CT molecular complexity index is 1260. The molecule has 5 rings (SSSR count). The number of hydrogen-bond donors (Lipinski definition) is 0. The topological polar surface area (TPSA) is 26.3 Å². The van der Waals surface area contributed by atoms with E-state index in [-0.39, 0.29) is 5.97 Å². The molecule has 0 amide bonds. The second-order valence-electron chi connectivity index (χ2n) is 5.83. The molecule has 0 saturated carbocycles. The fourth-order valence-corrected chi connectivity index (χ4v) is 8.05. The Kier molecular flexibility index (Phi) is 3.64. The van der Waals surface area contributed by atoms with Gasteiger partial charge in [-0.3, -0.25) is 0 Å². The third kappa shape index (κ3) is 2.35. The van der Waals surface area contributed by atoms with E-state index in [1.807, 2.05) is 35.7 Å². The summed E-state index contributed by atoms with van der Waals surface area (Å²) in [6.07, 6.45) is 1.10. The molecule has 0 radical (unpaired) electrons. The van der Waals surface area contributed by atoms with Gasteiger partial charge in [-0.25, -0.2) is 4.79 Å². The highest BCUT2D eigenvalue weighted by molar-refractivity contribution is 7.34. The van der Waals surface area contributed by atoms with Crippen LogP contribution in [0.3, 0.4) is 0 Å². The molecular weight excluding hydrogens is 388 g/mol. The summed E-state index contributed by atoms with van der Waals surface area (Å²) in [5.41, 5.74) is 0. The van der Waals surface area contributed by atoms with E-state index in [4.69, 9.17) is 4.74 Å². The molecule has 5 aromatic rings. The summed E-state index contributed by atoms with van der Waals surface area (Å²) in [4.78, 5) is 14.2. The molecule has 1 aromatic carbocycles. The lowest BCUT2D eigenvalue weighted by molar-refractivity contribution is 0.0532. The lowest BCUT2D eigenvalue weighted by Crippen LogP contribution is -2.01. The van der Waals surface area contributed by atoms with Crippen LogP contribution in [-0.2, 0) is 11.2 Å². The number of ether oxygens (including phenoxy) is 1. The highest BCUT2D eigenvalue weighted by Crippen LogP contribution is 2.46. The van der Waals surface area contributed by atoms with Crippen LogP contribution < -0.4 is 0 Å². The summed E-state index contributed by atoms with van der Waals surface area (Å²) in [6, 6.07) is 8.95. The van der Waals surface area contributed by atoms with E-state index < -0.39 is 0 Å². The molecule has 0 saturated heterocycles. The molecule has 25 heavy (non-hydrogen) atoms. The average Bonchev–Trinajstić information content (AvgIpc) is 3.31. The number of benzene rings is 1. The third-order valence-corrected chi connectivity index (χ3v) is 9.20. The summed E-state index contributed by atoms with van der Waals surface area (Å²) in [5.74, 6) is -0.214. The molecule has 126 valence electrons. The Morgan fingerprint density at radius 1 is 0.840 bits per heavy atom. The zero-order valence-corrected chi connectivity index (χ0v) is 16.9. The van der Waals surface area contributed by atoms with Crippen LogP contribution in [0.1, 0.15) is 28.4 Å². The van der Waals surface area contributed by atoms with Gasteiger partial charge in [-0.2, -0.15) is 0 Å². The second-order valence-corrected chi connectivity index (χ2v) is 10.2. The van der Waals surface area contributed by atoms with Gasteiger partial charge in [-0.1, -0.05) is 6.92 Å². The maximum absolute atomic E-state index is 12.0. The van der Waals surface area contributed by atoms with Crippen molar-refractivity contribution in [2.75, 3.05) is 6.61 Å². The number of rotatable bonds is 3. The van der Waals surface area contributed by atoms with Crippen LogP contribution in [0.2, 0.25) is 0 Å². The molecule has 0 aliphatic rings. The monoisotopic (exact) mass is 402 g/mol. The Morgan fingerprint density at radius 3 is 2.12 bits per heavy atom. The van der Waals surface area contributed by atoms with Crippen molar-refractivity contribution in [3.8, 4) is 0 Å². The minimum atomic E-state index is -0.214. The van der Waals surface area contributed by atoms with Gasteiger partial charge in [0.2, 0.25) is 0 Å². The number of thiophene rings is 4. The van der Waals surface area contributed by atoms with Gasteiger partial charge in [0.25, 0.3) is 0 Å². The van der Waals surface area contributed by atoms with Crippen LogP contribution in [-0.4, -0.2) is 12.6 Å². The first-order valence-electron chi connectivity index (χ1n) is 8.16. The molecule has 0 spiro atoms. The Hall–Kier alpha value is -1.47. The highest BCUT2D eigenvalue weighted by Gasteiger charge is 2.17. The molecule has 0 unspecified atom stereocenters. The summed E-state index contributed by atoms with van der Waals surface area (Å²) < 4.78 is 13.0. The van der Waals surface area contributed by atoms with Gasteiger partial charge < -0.3 is 4.74 Å². The number of hydrogen-bond acceptors (Lipinski definition) is 6. The number of esters is 1. The SMILES string of the molecule is CCOC(=O)c1cc2sc3cc4c(cc3c2s1)sc1cc(CC)sc14. The van der Waals surface area contributed by atoms with Gasteiger partial charge in [0.05, 0.1) is 16.0 Å². The fraction of sp³-hybridized carbons (Fsp3) is 0.211. The predicted molar refractivity (Wildman–Crippen MR) is 113 cm³/mol. The minimum absolute atomic E-state index is 0.214. The van der Waals surface area contributed by atoms with Gasteiger partial charge in [0.15, 0.2) is 0 Å². The summed E-state index contributed by atoms with van der Waals surface area (Å²) in [7, 11) is 0. The fourth-order valence-electron chi connectivity index (χ4n) is 3.12. The van der Waals surface area contributed by atoms with E-state index in [0.29, 0.717) is 11.5 Å². The largest absolute Gasteiger partial charge is 0.462 e. The van der Waals surface area contributed by atoms with E-state index in [1.165, 1.54) is 43.8 Å². The Labute approximate surface area is 160 Å². The van der Waals surface area contributed by atoms with Crippen LogP contribution in [0, 0.1) is 0 Å². The van der Waals surface area contributed by atoms with Crippen molar-refractivity contribution in [3.63, 3.8) is 0 Å². The highest BCUT2D eigenvalue weighted by atomic mass is 32.1. The zero-order valence-electron chi connectivity index (χ0n) is 13.7. The Morgan fingerprint density at radius 2 is 1.48 bits per heavy atom. The molecule has 4 aromatic heterocycles. The predicted octanol–water partition coefficient (Wildman–Crippen LogP) is 7.28. The standard InChI is InChI=1S/C19H14O2S4/c1-3-9-5-14-17(22-9)10-6-13-11(7-12(10)23-14)18-15(24-13)8-16(25-18)19(20)21-4-2/h5-8H,3-4H2,1-2H3. The number of fused-ring (bicyclic) bond motifs is 6. The van der Waals surface area contributed by atoms with Crippen LogP contribution >= 0.6 is 45.3 Å². The molecule has 0 N–H and O–H groups in total. The first-order valence-corrected chi connectivity index (χ1v) is 11.4. The Balaban J connectivity index is 1.74. The number of carbonyl (C=O) groups excluding carboxylic acids is 1. The summed E-state index contributed by atoms with van der Waals surface area (Å²) in [5, 5.41) is 2.63. The first kappa shape index (κ1) is 15.8. The van der Waals surface area contributed by atoms with Crippen LogP contribution in [0.4, 0.5) is 0 Å². The van der Waals surface area contributed by atoms with E-state index >= 15 is 0 Å². The zero-order chi connectivity index (χ0) is 17.1. The van der Waals surface area contributed by atoms with Crippen LogP contribution in [0.25, 0.3) is 39.0 Å². The van der Waals surface area contributed by atoms with Gasteiger partial charge in [0.1, 0.15) is 4.88 Å². The average molecular weight is 403 g/mol. The maximum atomic E-state index is 12.0. The van der Waals surface area contributed by atoms with E-state index in [2.05, 4.69) is 25.1 Å². The number of aryl methyl sites for hydroxylation is 1. The lowest BCUT2D eigenvalue weighted by Gasteiger charge is -1.97. The van der Waals surface area contributed by atoms with Gasteiger partial charge >= 0.3 is 5.97 Å². The third-order valence-electron chi connectivity index (χ3n) is 4.28. The van der Waals surface area contributed by atoms with Crippen LogP contribution in [0.15, 0.2) is 24.3 Å². The molecule has 4 heterocycles. The van der Waals surface area contributed by atoms with Crippen molar-refractivity contribution in [2.24, 2.45) is 0 Å². The van der Waals surface area contributed by atoms with Gasteiger partial charge in [-0.15, -0.1) is 45.3 Å². The molecule has 0 aliphatic heterocycles. The van der Waals surface area contributed by atoms with Crippen molar-refractivity contribution in [2.45, 2.75) is 20.3 Å². The number of carbonyl (C=O) groups is 1. The molecule has 2 nitrogen and oxygen atoms in total. The first-order chi connectivity index (χ1) is 12.2. The van der Waals surface area contributed by atoms with E-state index in [0.717, 1.165) is 6.42 Å². The van der Waals surface area contributed by atoms with Crippen molar-refractivity contribution in [1.82, 2.24) is 0 Å². The van der Waals surface area contributed by atoms with E-state index in [1.54, 1.807) is 22.7 Å². The van der Waals surface area contributed by atoms with Crippen molar-refractivity contribution < 1.29 is 9.53 Å². The van der Waals surface area contributed by atoms with Crippen molar-refractivity contribution in [1.29, 1.82) is 0 Å². The molecule has 0 atom stereocenters. The smallest absolute Gasteiger partial charge is 0.348 e. The van der Waals surface area contributed by atoms with Gasteiger partial charge in [-0.05, 0) is 37.6 Å². The molecule has 0 fully saturated rings. The van der Waals surface area contributed by atoms with Crippen molar-refractivity contribution >= 4 is 90.3 Å². The lowest BCUT2D eigenvalue weighted by atomic mass is 10.2. The minimum Gasteiger partial charge on any atom is -0.462 e. The van der Waals surface area contributed by atoms with Gasteiger partial charge in [0, 0.05) is 34.4 Å². The maximum Gasteiger partial charge on any atom is 0.348 e. The molecule has 6 heteroatoms.